The molecule has 0 aromatic heterocycles. The van der Waals surface area contributed by atoms with E-state index in [-0.39, 0.29) is 17.5 Å². The zero-order valence-corrected chi connectivity index (χ0v) is 15.2. The molecule has 4 saturated carbocycles. The third kappa shape index (κ3) is 3.05. The average molecular weight is 326 g/mol. The van der Waals surface area contributed by atoms with E-state index < -0.39 is 0 Å². The molecule has 4 bridgehead atoms. The number of hydrogen-bond acceptors (Lipinski definition) is 2. The maximum Gasteiger partial charge on any atom is 0.242 e. The monoisotopic (exact) mass is 326 g/mol. The van der Waals surface area contributed by atoms with Crippen LogP contribution in [0, 0.1) is 31.6 Å². The molecular weight excluding hydrogens is 296 g/mol. The van der Waals surface area contributed by atoms with Crippen molar-refractivity contribution in [2.24, 2.45) is 17.8 Å². The minimum atomic E-state index is -0.195. The van der Waals surface area contributed by atoms with E-state index in [2.05, 4.69) is 42.7 Å². The van der Waals surface area contributed by atoms with Gasteiger partial charge in [-0.2, -0.15) is 0 Å². The summed E-state index contributed by atoms with van der Waals surface area (Å²) >= 11 is 0. The van der Waals surface area contributed by atoms with Crippen LogP contribution in [0.1, 0.15) is 56.6 Å². The highest BCUT2D eigenvalue weighted by molar-refractivity contribution is 5.85. The smallest absolute Gasteiger partial charge is 0.242 e. The van der Waals surface area contributed by atoms with Crippen LogP contribution in [0.4, 0.5) is 5.69 Å². The quantitative estimate of drug-likeness (QED) is 0.871. The number of benzene rings is 1. The van der Waals surface area contributed by atoms with Gasteiger partial charge in [0.1, 0.15) is 6.04 Å². The largest absolute Gasteiger partial charge is 0.374 e. The molecule has 130 valence electrons. The predicted octanol–water partition coefficient (Wildman–Crippen LogP) is 4.19. The summed E-state index contributed by atoms with van der Waals surface area (Å²) in [6.45, 7) is 6.17. The van der Waals surface area contributed by atoms with Crippen molar-refractivity contribution in [1.82, 2.24) is 5.32 Å². The van der Waals surface area contributed by atoms with E-state index in [0.717, 1.165) is 23.4 Å². The van der Waals surface area contributed by atoms with Crippen molar-refractivity contribution < 1.29 is 4.79 Å². The van der Waals surface area contributed by atoms with E-state index in [1.54, 1.807) is 0 Å². The Bertz CT molecular complexity index is 596. The molecule has 0 aliphatic heterocycles. The molecular formula is C21H30N2O. The van der Waals surface area contributed by atoms with Crippen LogP contribution in [0.3, 0.4) is 0 Å². The molecule has 4 fully saturated rings. The minimum absolute atomic E-state index is 0.101. The van der Waals surface area contributed by atoms with Gasteiger partial charge < -0.3 is 10.6 Å². The Morgan fingerprint density at radius 1 is 1.00 bits per heavy atom. The first-order valence-electron chi connectivity index (χ1n) is 9.58. The van der Waals surface area contributed by atoms with Gasteiger partial charge in [0.2, 0.25) is 5.91 Å². The zero-order valence-electron chi connectivity index (χ0n) is 15.2. The lowest BCUT2D eigenvalue weighted by atomic mass is 9.53. The summed E-state index contributed by atoms with van der Waals surface area (Å²) in [7, 11) is 0. The second-order valence-electron chi connectivity index (χ2n) is 8.93. The van der Waals surface area contributed by atoms with Gasteiger partial charge in [0.05, 0.1) is 0 Å². The number of aryl methyl sites for hydroxylation is 2. The SMILES string of the molecule is Cc1cc(C)cc(N[C@@H](C)C(=O)NC23CC4CC(CC(C4)C2)C3)c1. The normalized spacial score (nSPS) is 34.9. The molecule has 1 amide bonds. The molecule has 2 N–H and O–H groups in total. The van der Waals surface area contributed by atoms with Gasteiger partial charge in [-0.05, 0) is 100 Å². The maximum atomic E-state index is 12.8. The van der Waals surface area contributed by atoms with Crippen molar-refractivity contribution in [3.63, 3.8) is 0 Å². The third-order valence-corrected chi connectivity index (χ3v) is 6.42. The van der Waals surface area contributed by atoms with Gasteiger partial charge in [0, 0.05) is 11.2 Å². The number of amides is 1. The molecule has 4 aliphatic carbocycles. The van der Waals surface area contributed by atoms with Crippen molar-refractivity contribution in [2.75, 3.05) is 5.32 Å². The first-order valence-corrected chi connectivity index (χ1v) is 9.58. The highest BCUT2D eigenvalue weighted by atomic mass is 16.2. The fourth-order valence-electron chi connectivity index (χ4n) is 6.01. The van der Waals surface area contributed by atoms with Crippen LogP contribution in [0.25, 0.3) is 0 Å². The molecule has 3 nitrogen and oxygen atoms in total. The van der Waals surface area contributed by atoms with Crippen LogP contribution in [0.5, 0.6) is 0 Å². The van der Waals surface area contributed by atoms with Gasteiger partial charge >= 0.3 is 0 Å². The first-order chi connectivity index (χ1) is 11.4. The maximum absolute atomic E-state index is 12.8. The molecule has 0 unspecified atom stereocenters. The molecule has 1 aromatic carbocycles. The van der Waals surface area contributed by atoms with Gasteiger partial charge in [-0.1, -0.05) is 6.07 Å². The summed E-state index contributed by atoms with van der Waals surface area (Å²) in [5, 5.41) is 6.87. The molecule has 5 rings (SSSR count). The van der Waals surface area contributed by atoms with E-state index in [4.69, 9.17) is 0 Å². The summed E-state index contributed by atoms with van der Waals surface area (Å²) in [6.07, 6.45) is 7.85. The number of hydrogen-bond donors (Lipinski definition) is 2. The number of rotatable bonds is 4. The Labute approximate surface area is 145 Å². The molecule has 1 aromatic rings. The number of carbonyl (C=O) groups is 1. The van der Waals surface area contributed by atoms with Crippen LogP contribution in [0.15, 0.2) is 18.2 Å². The van der Waals surface area contributed by atoms with Gasteiger partial charge in [0.25, 0.3) is 0 Å². The van der Waals surface area contributed by atoms with Crippen molar-refractivity contribution in [1.29, 1.82) is 0 Å². The lowest BCUT2D eigenvalue weighted by Gasteiger charge is -2.57. The Hall–Kier alpha value is -1.51. The predicted molar refractivity (Wildman–Crippen MR) is 98.0 cm³/mol. The Balaban J connectivity index is 1.42. The second kappa shape index (κ2) is 5.79. The van der Waals surface area contributed by atoms with E-state index in [1.165, 1.54) is 49.7 Å². The average Bonchev–Trinajstić information content (AvgIpc) is 2.43. The lowest BCUT2D eigenvalue weighted by Crippen LogP contribution is -2.61. The summed E-state index contributed by atoms with van der Waals surface area (Å²) in [4.78, 5) is 12.8. The van der Waals surface area contributed by atoms with Crippen molar-refractivity contribution in [3.05, 3.63) is 29.3 Å². The van der Waals surface area contributed by atoms with Gasteiger partial charge in [-0.15, -0.1) is 0 Å². The van der Waals surface area contributed by atoms with Crippen LogP contribution in [-0.4, -0.2) is 17.5 Å². The molecule has 0 radical (unpaired) electrons. The standard InChI is InChI=1S/C21H30N2O/c1-13-4-14(2)6-19(5-13)22-15(3)20(24)23-21-10-16-7-17(11-21)9-18(8-16)12-21/h4-6,15-18,22H,7-12H2,1-3H3,(H,23,24)/t15-,16?,17?,18?,21?/m0/s1. The van der Waals surface area contributed by atoms with E-state index in [0.29, 0.717) is 0 Å². The molecule has 0 spiro atoms. The second-order valence-corrected chi connectivity index (χ2v) is 8.93. The fraction of sp³-hybridized carbons (Fsp3) is 0.667. The molecule has 3 heteroatoms. The number of anilines is 1. The zero-order chi connectivity index (χ0) is 16.9. The van der Waals surface area contributed by atoms with Gasteiger partial charge in [-0.3, -0.25) is 4.79 Å². The molecule has 24 heavy (non-hydrogen) atoms. The topological polar surface area (TPSA) is 41.1 Å². The first kappa shape index (κ1) is 16.0. The molecule has 4 aliphatic rings. The van der Waals surface area contributed by atoms with Crippen LogP contribution < -0.4 is 10.6 Å². The minimum Gasteiger partial charge on any atom is -0.374 e. The van der Waals surface area contributed by atoms with Crippen LogP contribution in [0.2, 0.25) is 0 Å². The molecule has 1 atom stereocenters. The Morgan fingerprint density at radius 2 is 1.50 bits per heavy atom. The van der Waals surface area contributed by atoms with Gasteiger partial charge in [-0.25, -0.2) is 0 Å². The lowest BCUT2D eigenvalue weighted by molar-refractivity contribution is -0.127. The highest BCUT2D eigenvalue weighted by Crippen LogP contribution is 2.55. The van der Waals surface area contributed by atoms with Crippen LogP contribution in [-0.2, 0) is 4.79 Å². The van der Waals surface area contributed by atoms with Crippen LogP contribution >= 0.6 is 0 Å². The number of nitrogens with one attached hydrogen (secondary N) is 2. The third-order valence-electron chi connectivity index (χ3n) is 6.42. The van der Waals surface area contributed by atoms with E-state index in [1.807, 2.05) is 6.92 Å². The Kier molecular flexibility index (Phi) is 3.85. The Morgan fingerprint density at radius 3 is 2.00 bits per heavy atom. The summed E-state index contributed by atoms with van der Waals surface area (Å²) in [5.41, 5.74) is 3.60. The molecule has 0 saturated heterocycles. The van der Waals surface area contributed by atoms with Crippen molar-refractivity contribution in [2.45, 2.75) is 70.9 Å². The van der Waals surface area contributed by atoms with Crippen molar-refractivity contribution >= 4 is 11.6 Å². The fourth-order valence-corrected chi connectivity index (χ4v) is 6.01. The summed E-state index contributed by atoms with van der Waals surface area (Å²) in [6, 6.07) is 6.19. The van der Waals surface area contributed by atoms with E-state index >= 15 is 0 Å². The summed E-state index contributed by atoms with van der Waals surface area (Å²) in [5.74, 6) is 2.74. The summed E-state index contributed by atoms with van der Waals surface area (Å²) < 4.78 is 0. The molecule has 0 heterocycles. The number of carbonyl (C=O) groups excluding carboxylic acids is 1. The van der Waals surface area contributed by atoms with E-state index in [9.17, 15) is 4.79 Å². The van der Waals surface area contributed by atoms with Gasteiger partial charge in [0.15, 0.2) is 0 Å². The highest BCUT2D eigenvalue weighted by Gasteiger charge is 2.51. The van der Waals surface area contributed by atoms with Crippen molar-refractivity contribution in [3.8, 4) is 0 Å².